The standard InChI is InChI=1S/C16H24N2O5S/c1-22-13-5-4-6-14(23-2)15(13)16(19)17-11-12-7-9-18(10-8-12)24(3,20)21/h4-6,12H,7-11H2,1-3H3,(H,17,19). The van der Waals surface area contributed by atoms with E-state index in [9.17, 15) is 13.2 Å². The molecule has 1 aliphatic heterocycles. The van der Waals surface area contributed by atoms with Crippen LogP contribution in [0.4, 0.5) is 0 Å². The number of sulfonamides is 1. The summed E-state index contributed by atoms with van der Waals surface area (Å²) in [7, 11) is -0.116. The number of carbonyl (C=O) groups is 1. The van der Waals surface area contributed by atoms with E-state index in [1.54, 1.807) is 18.2 Å². The molecule has 1 fully saturated rings. The Morgan fingerprint density at radius 1 is 1.21 bits per heavy atom. The van der Waals surface area contributed by atoms with Crippen LogP contribution < -0.4 is 14.8 Å². The normalized spacial score (nSPS) is 16.6. The Balaban J connectivity index is 1.95. The van der Waals surface area contributed by atoms with Gasteiger partial charge in [-0.1, -0.05) is 6.07 Å². The van der Waals surface area contributed by atoms with Gasteiger partial charge in [-0.25, -0.2) is 12.7 Å². The third-order valence-electron chi connectivity index (χ3n) is 4.25. The van der Waals surface area contributed by atoms with Gasteiger partial charge in [0.05, 0.1) is 20.5 Å². The van der Waals surface area contributed by atoms with Crippen molar-refractivity contribution in [2.24, 2.45) is 5.92 Å². The number of rotatable bonds is 6. The van der Waals surface area contributed by atoms with Crippen LogP contribution in [0.25, 0.3) is 0 Å². The Kier molecular flexibility index (Phi) is 6.06. The van der Waals surface area contributed by atoms with E-state index in [2.05, 4.69) is 5.32 Å². The van der Waals surface area contributed by atoms with E-state index >= 15 is 0 Å². The third-order valence-corrected chi connectivity index (χ3v) is 5.55. The van der Waals surface area contributed by atoms with Crippen molar-refractivity contribution in [1.82, 2.24) is 9.62 Å². The first kappa shape index (κ1) is 18.5. The van der Waals surface area contributed by atoms with Crippen LogP contribution in [0.5, 0.6) is 11.5 Å². The predicted octanol–water partition coefficient (Wildman–Crippen LogP) is 1.11. The lowest BCUT2D eigenvalue weighted by molar-refractivity contribution is 0.0935. The number of ether oxygens (including phenoxy) is 2. The molecule has 0 aliphatic carbocycles. The SMILES string of the molecule is COc1cccc(OC)c1C(=O)NCC1CCN(S(C)(=O)=O)CC1. The summed E-state index contributed by atoms with van der Waals surface area (Å²) in [6.07, 6.45) is 2.69. The van der Waals surface area contributed by atoms with Crippen LogP contribution in [0, 0.1) is 5.92 Å². The van der Waals surface area contributed by atoms with Crippen LogP contribution in [0.15, 0.2) is 18.2 Å². The van der Waals surface area contributed by atoms with E-state index in [-0.39, 0.29) is 11.8 Å². The minimum Gasteiger partial charge on any atom is -0.496 e. The largest absolute Gasteiger partial charge is 0.496 e. The van der Waals surface area contributed by atoms with Gasteiger partial charge in [-0.2, -0.15) is 0 Å². The Labute approximate surface area is 143 Å². The molecular weight excluding hydrogens is 332 g/mol. The van der Waals surface area contributed by atoms with Crippen molar-refractivity contribution in [2.45, 2.75) is 12.8 Å². The first-order chi connectivity index (χ1) is 11.4. The summed E-state index contributed by atoms with van der Waals surface area (Å²) >= 11 is 0. The second-order valence-corrected chi connectivity index (χ2v) is 7.84. The quantitative estimate of drug-likeness (QED) is 0.825. The number of piperidine rings is 1. The first-order valence-electron chi connectivity index (χ1n) is 7.81. The average Bonchev–Trinajstić information content (AvgIpc) is 2.58. The van der Waals surface area contributed by atoms with Crippen LogP contribution in [0.3, 0.4) is 0 Å². The van der Waals surface area contributed by atoms with Gasteiger partial charge in [0, 0.05) is 19.6 Å². The topological polar surface area (TPSA) is 84.9 Å². The second kappa shape index (κ2) is 7.85. The van der Waals surface area contributed by atoms with Gasteiger partial charge in [-0.15, -0.1) is 0 Å². The van der Waals surface area contributed by atoms with Crippen LogP contribution in [0.2, 0.25) is 0 Å². The van der Waals surface area contributed by atoms with Crippen molar-refractivity contribution in [3.63, 3.8) is 0 Å². The van der Waals surface area contributed by atoms with Crippen LogP contribution in [0.1, 0.15) is 23.2 Å². The average molecular weight is 356 g/mol. The van der Waals surface area contributed by atoms with Gasteiger partial charge in [0.1, 0.15) is 17.1 Å². The maximum absolute atomic E-state index is 12.5. The lowest BCUT2D eigenvalue weighted by Gasteiger charge is -2.30. The minimum atomic E-state index is -3.13. The lowest BCUT2D eigenvalue weighted by atomic mass is 9.98. The summed E-state index contributed by atoms with van der Waals surface area (Å²) in [5, 5.41) is 2.90. The first-order valence-corrected chi connectivity index (χ1v) is 9.66. The molecular formula is C16H24N2O5S. The zero-order valence-corrected chi connectivity index (χ0v) is 15.1. The van der Waals surface area contributed by atoms with Crippen LogP contribution in [-0.4, -0.2) is 58.7 Å². The van der Waals surface area contributed by atoms with Crippen molar-refractivity contribution >= 4 is 15.9 Å². The molecule has 0 unspecified atom stereocenters. The van der Waals surface area contributed by atoms with E-state index < -0.39 is 10.0 Å². The fraction of sp³-hybridized carbons (Fsp3) is 0.562. The number of carbonyl (C=O) groups excluding carboxylic acids is 1. The van der Waals surface area contributed by atoms with Gasteiger partial charge in [-0.05, 0) is 30.9 Å². The Morgan fingerprint density at radius 3 is 2.21 bits per heavy atom. The molecule has 8 heteroatoms. The predicted molar refractivity (Wildman–Crippen MR) is 91.0 cm³/mol. The number of hydrogen-bond donors (Lipinski definition) is 1. The zero-order valence-electron chi connectivity index (χ0n) is 14.2. The molecule has 0 radical (unpaired) electrons. The van der Waals surface area contributed by atoms with Gasteiger partial charge in [0.2, 0.25) is 10.0 Å². The van der Waals surface area contributed by atoms with Gasteiger partial charge >= 0.3 is 0 Å². The highest BCUT2D eigenvalue weighted by molar-refractivity contribution is 7.88. The Morgan fingerprint density at radius 2 is 1.75 bits per heavy atom. The summed E-state index contributed by atoms with van der Waals surface area (Å²) in [4.78, 5) is 12.5. The highest BCUT2D eigenvalue weighted by atomic mass is 32.2. The van der Waals surface area contributed by atoms with Gasteiger partial charge < -0.3 is 14.8 Å². The smallest absolute Gasteiger partial charge is 0.258 e. The molecule has 1 aliphatic rings. The Bertz CT molecular complexity index is 659. The van der Waals surface area contributed by atoms with Crippen molar-refractivity contribution in [3.8, 4) is 11.5 Å². The minimum absolute atomic E-state index is 0.255. The molecule has 134 valence electrons. The molecule has 24 heavy (non-hydrogen) atoms. The van der Waals surface area contributed by atoms with E-state index in [4.69, 9.17) is 9.47 Å². The van der Waals surface area contributed by atoms with E-state index in [0.717, 1.165) is 12.8 Å². The van der Waals surface area contributed by atoms with Gasteiger partial charge in [0.15, 0.2) is 0 Å². The van der Waals surface area contributed by atoms with Crippen LogP contribution in [-0.2, 0) is 10.0 Å². The van der Waals surface area contributed by atoms with Crippen molar-refractivity contribution in [3.05, 3.63) is 23.8 Å². The van der Waals surface area contributed by atoms with Crippen molar-refractivity contribution in [2.75, 3.05) is 40.1 Å². The third kappa shape index (κ3) is 4.39. The molecule has 0 spiro atoms. The number of nitrogens with one attached hydrogen (secondary N) is 1. The molecule has 0 atom stereocenters. The van der Waals surface area contributed by atoms with E-state index in [1.807, 2.05) is 0 Å². The molecule has 1 aromatic carbocycles. The van der Waals surface area contributed by atoms with Gasteiger partial charge in [-0.3, -0.25) is 4.79 Å². The molecule has 1 aromatic rings. The van der Waals surface area contributed by atoms with Crippen molar-refractivity contribution < 1.29 is 22.7 Å². The molecule has 2 rings (SSSR count). The maximum atomic E-state index is 12.5. The Hall–Kier alpha value is -1.80. The summed E-state index contributed by atoms with van der Waals surface area (Å²) in [5.74, 6) is 0.917. The summed E-state index contributed by atoms with van der Waals surface area (Å²) < 4.78 is 35.0. The maximum Gasteiger partial charge on any atom is 0.258 e. The number of hydrogen-bond acceptors (Lipinski definition) is 5. The summed E-state index contributed by atoms with van der Waals surface area (Å²) in [6, 6.07) is 5.18. The molecule has 0 bridgehead atoms. The molecule has 0 aromatic heterocycles. The van der Waals surface area contributed by atoms with Gasteiger partial charge in [0.25, 0.3) is 5.91 Å². The highest BCUT2D eigenvalue weighted by Crippen LogP contribution is 2.28. The molecule has 1 heterocycles. The summed E-state index contributed by atoms with van der Waals surface area (Å²) in [5.41, 5.74) is 0.371. The second-order valence-electron chi connectivity index (χ2n) is 5.85. The molecule has 0 saturated carbocycles. The molecule has 7 nitrogen and oxygen atoms in total. The van der Waals surface area contributed by atoms with Crippen LogP contribution >= 0.6 is 0 Å². The lowest BCUT2D eigenvalue weighted by Crippen LogP contribution is -2.41. The number of methoxy groups -OCH3 is 2. The monoisotopic (exact) mass is 356 g/mol. The number of amides is 1. The zero-order chi connectivity index (χ0) is 17.7. The number of benzene rings is 1. The molecule has 1 amide bonds. The number of nitrogens with zero attached hydrogens (tertiary/aromatic N) is 1. The fourth-order valence-electron chi connectivity index (χ4n) is 2.85. The fourth-order valence-corrected chi connectivity index (χ4v) is 3.72. The van der Waals surface area contributed by atoms with E-state index in [0.29, 0.717) is 36.7 Å². The molecule has 1 saturated heterocycles. The summed E-state index contributed by atoms with van der Waals surface area (Å²) in [6.45, 7) is 1.49. The highest BCUT2D eigenvalue weighted by Gasteiger charge is 2.26. The van der Waals surface area contributed by atoms with Crippen molar-refractivity contribution in [1.29, 1.82) is 0 Å². The van der Waals surface area contributed by atoms with E-state index in [1.165, 1.54) is 24.8 Å². The molecule has 1 N–H and O–H groups in total.